The minimum absolute atomic E-state index is 0.109. The van der Waals surface area contributed by atoms with Gasteiger partial charge in [-0.05, 0) is 12.8 Å². The lowest BCUT2D eigenvalue weighted by Gasteiger charge is -2.49. The van der Waals surface area contributed by atoms with Crippen LogP contribution in [0.5, 0.6) is 0 Å². The highest BCUT2D eigenvalue weighted by molar-refractivity contribution is 14.1. The summed E-state index contributed by atoms with van der Waals surface area (Å²) in [5.41, 5.74) is 0. The van der Waals surface area contributed by atoms with E-state index in [1.807, 2.05) is 0 Å². The van der Waals surface area contributed by atoms with Crippen LogP contribution in [-0.2, 0) is 4.79 Å². The number of piperidine rings is 2. The number of hydrogen-bond donors (Lipinski definition) is 0. The van der Waals surface area contributed by atoms with Crippen molar-refractivity contribution in [3.05, 3.63) is 0 Å². The molecule has 3 aliphatic rings. The van der Waals surface area contributed by atoms with Crippen LogP contribution in [0.3, 0.4) is 0 Å². The van der Waals surface area contributed by atoms with Crippen LogP contribution in [0.2, 0.25) is 0 Å². The normalized spacial score (nSPS) is 29.8. The molecular weight excluding hydrogens is 348 g/mol. The van der Waals surface area contributed by atoms with Gasteiger partial charge in [-0.2, -0.15) is 13.2 Å². The predicted octanol–water partition coefficient (Wildman–Crippen LogP) is 2.35. The molecule has 0 aromatic rings. The van der Waals surface area contributed by atoms with Crippen molar-refractivity contribution in [2.45, 2.75) is 43.9 Å². The maximum absolute atomic E-state index is 12.1. The number of halogens is 4. The summed E-state index contributed by atoms with van der Waals surface area (Å²) in [5, 5.41) is 0. The minimum Gasteiger partial charge on any atom is -0.337 e. The summed E-state index contributed by atoms with van der Waals surface area (Å²) in [6.45, 7) is 1.37. The number of piperazine rings is 1. The molecule has 3 heterocycles. The Morgan fingerprint density at radius 1 is 1.24 bits per heavy atom. The molecule has 0 N–H and O–H groups in total. The number of carbonyl (C=O) groups is 1. The zero-order chi connectivity index (χ0) is 12.6. The zero-order valence-electron chi connectivity index (χ0n) is 9.21. The average molecular weight is 362 g/mol. The van der Waals surface area contributed by atoms with Gasteiger partial charge in [-0.3, -0.25) is 4.79 Å². The van der Waals surface area contributed by atoms with Crippen LogP contribution >= 0.6 is 22.9 Å². The monoisotopic (exact) mass is 362 g/mol. The molecule has 3 fully saturated rings. The Balaban J connectivity index is 1.89. The third-order valence-corrected chi connectivity index (χ3v) is 4.59. The molecule has 0 aromatic heterocycles. The van der Waals surface area contributed by atoms with Gasteiger partial charge in [-0.15, -0.1) is 0 Å². The maximum atomic E-state index is 12.1. The van der Waals surface area contributed by atoms with E-state index in [0.717, 1.165) is 19.4 Å². The van der Waals surface area contributed by atoms with E-state index in [9.17, 15) is 18.0 Å². The van der Waals surface area contributed by atoms with Gasteiger partial charge in [-0.25, -0.2) is 3.11 Å². The molecule has 3 rings (SSSR count). The second kappa shape index (κ2) is 4.91. The second-order valence-electron chi connectivity index (χ2n) is 4.63. The molecule has 0 spiro atoms. The molecule has 0 radical (unpaired) electrons. The fraction of sp³-hybridized carbons (Fsp3) is 0.900. The maximum Gasteiger partial charge on any atom is 0.389 e. The number of amides is 1. The first-order chi connectivity index (χ1) is 7.87. The third-order valence-electron chi connectivity index (χ3n) is 3.41. The molecule has 0 aromatic carbocycles. The quantitative estimate of drug-likeness (QED) is 0.556. The molecule has 98 valence electrons. The van der Waals surface area contributed by atoms with Crippen molar-refractivity contribution in [3.8, 4) is 0 Å². The van der Waals surface area contributed by atoms with E-state index in [1.54, 1.807) is 4.90 Å². The predicted molar refractivity (Wildman–Crippen MR) is 64.5 cm³/mol. The number of fused-ring (bicyclic) bond motifs is 3. The Kier molecular flexibility index (Phi) is 3.86. The van der Waals surface area contributed by atoms with E-state index >= 15 is 0 Å². The van der Waals surface area contributed by atoms with Gasteiger partial charge in [0.15, 0.2) is 0 Å². The van der Waals surface area contributed by atoms with Crippen molar-refractivity contribution in [2.75, 3.05) is 13.1 Å². The van der Waals surface area contributed by atoms with Crippen LogP contribution in [0.15, 0.2) is 0 Å². The summed E-state index contributed by atoms with van der Waals surface area (Å²) in [6.07, 6.45) is -3.69. The van der Waals surface area contributed by atoms with E-state index in [2.05, 4.69) is 26.0 Å². The van der Waals surface area contributed by atoms with Gasteiger partial charge in [0.1, 0.15) is 0 Å². The number of carbonyl (C=O) groups excluding carboxylic acids is 1. The van der Waals surface area contributed by atoms with Gasteiger partial charge in [0, 0.05) is 54.5 Å². The molecule has 3 saturated heterocycles. The van der Waals surface area contributed by atoms with Crippen molar-refractivity contribution in [3.63, 3.8) is 0 Å². The fourth-order valence-electron chi connectivity index (χ4n) is 2.47. The number of rotatable bonds is 2. The average Bonchev–Trinajstić information content (AvgIpc) is 2.25. The first kappa shape index (κ1) is 13.4. The van der Waals surface area contributed by atoms with Crippen LogP contribution in [-0.4, -0.2) is 45.3 Å². The molecule has 17 heavy (non-hydrogen) atoms. The summed E-state index contributed by atoms with van der Waals surface area (Å²) < 4.78 is 38.3. The minimum atomic E-state index is -4.24. The highest BCUT2D eigenvalue weighted by Gasteiger charge is 2.40. The summed E-state index contributed by atoms with van der Waals surface area (Å²) in [7, 11) is 0. The highest BCUT2D eigenvalue weighted by atomic mass is 127. The molecule has 0 saturated carbocycles. The summed E-state index contributed by atoms with van der Waals surface area (Å²) in [5.74, 6) is -0.346. The van der Waals surface area contributed by atoms with Crippen LogP contribution < -0.4 is 0 Å². The molecule has 0 aliphatic carbocycles. The molecule has 2 bridgehead atoms. The van der Waals surface area contributed by atoms with E-state index in [4.69, 9.17) is 0 Å². The standard InChI is InChI=1S/C10H14F3IN2O/c11-10(12,13)4-3-9(17)15-5-8-2-1-7(15)6-16(8)14/h7-8H,1-6H2. The van der Waals surface area contributed by atoms with E-state index in [0.29, 0.717) is 12.6 Å². The van der Waals surface area contributed by atoms with E-state index < -0.39 is 19.0 Å². The molecule has 3 nitrogen and oxygen atoms in total. The third kappa shape index (κ3) is 3.24. The molecule has 1 amide bonds. The Labute approximate surface area is 112 Å². The lowest BCUT2D eigenvalue weighted by Crippen LogP contribution is -2.61. The van der Waals surface area contributed by atoms with Gasteiger partial charge in [0.25, 0.3) is 0 Å². The van der Waals surface area contributed by atoms with Crippen molar-refractivity contribution < 1.29 is 18.0 Å². The van der Waals surface area contributed by atoms with Crippen molar-refractivity contribution in [2.24, 2.45) is 0 Å². The lowest BCUT2D eigenvalue weighted by molar-refractivity contribution is -0.153. The van der Waals surface area contributed by atoms with Gasteiger partial charge >= 0.3 is 6.18 Å². The van der Waals surface area contributed by atoms with Gasteiger partial charge < -0.3 is 4.90 Å². The first-order valence-corrected chi connectivity index (χ1v) is 6.62. The fourth-order valence-corrected chi connectivity index (χ4v) is 3.38. The molecule has 3 aliphatic heterocycles. The second-order valence-corrected chi connectivity index (χ2v) is 5.87. The topological polar surface area (TPSA) is 23.6 Å². The van der Waals surface area contributed by atoms with Crippen LogP contribution in [0.1, 0.15) is 25.7 Å². The number of hydrogen-bond acceptors (Lipinski definition) is 2. The molecular formula is C10H14F3IN2O. The lowest BCUT2D eigenvalue weighted by atomic mass is 9.92. The SMILES string of the molecule is O=C(CCC(F)(F)F)N1CC2CCC1CN2I. The van der Waals surface area contributed by atoms with Gasteiger partial charge in [0.2, 0.25) is 5.91 Å². The summed E-state index contributed by atoms with van der Waals surface area (Å²) >= 11 is 2.23. The van der Waals surface area contributed by atoms with Gasteiger partial charge in [0.05, 0.1) is 6.42 Å². The van der Waals surface area contributed by atoms with E-state index in [-0.39, 0.29) is 11.9 Å². The van der Waals surface area contributed by atoms with Crippen molar-refractivity contribution in [1.29, 1.82) is 0 Å². The Morgan fingerprint density at radius 2 is 1.88 bits per heavy atom. The summed E-state index contributed by atoms with van der Waals surface area (Å²) in [6, 6.07) is 0.424. The Morgan fingerprint density at radius 3 is 2.35 bits per heavy atom. The van der Waals surface area contributed by atoms with Crippen LogP contribution in [0.4, 0.5) is 13.2 Å². The zero-order valence-corrected chi connectivity index (χ0v) is 11.4. The molecule has 2 atom stereocenters. The van der Waals surface area contributed by atoms with Crippen molar-refractivity contribution in [1.82, 2.24) is 8.01 Å². The van der Waals surface area contributed by atoms with Crippen molar-refractivity contribution >= 4 is 28.8 Å². The molecule has 2 unspecified atom stereocenters. The summed E-state index contributed by atoms with van der Waals surface area (Å²) in [4.78, 5) is 13.4. The Hall–Kier alpha value is -0.0500. The first-order valence-electron chi connectivity index (χ1n) is 5.65. The van der Waals surface area contributed by atoms with Crippen LogP contribution in [0, 0.1) is 0 Å². The van der Waals surface area contributed by atoms with E-state index in [1.165, 1.54) is 0 Å². The van der Waals surface area contributed by atoms with Gasteiger partial charge in [-0.1, -0.05) is 0 Å². The highest BCUT2D eigenvalue weighted by Crippen LogP contribution is 2.32. The Bertz CT molecular complexity index is 310. The number of alkyl halides is 3. The molecule has 7 heteroatoms. The largest absolute Gasteiger partial charge is 0.389 e. The number of nitrogens with zero attached hydrogens (tertiary/aromatic N) is 2. The van der Waals surface area contributed by atoms with Crippen LogP contribution in [0.25, 0.3) is 0 Å². The smallest absolute Gasteiger partial charge is 0.337 e.